The molecular weight excluding hydrogens is 218 g/mol. The number of benzene rings is 1. The monoisotopic (exact) mass is 229 g/mol. The lowest BCUT2D eigenvalue weighted by molar-refractivity contribution is 0.102. The number of aromatic nitrogens is 3. The van der Waals surface area contributed by atoms with Gasteiger partial charge in [-0.25, -0.2) is 4.98 Å². The second-order valence-corrected chi connectivity index (χ2v) is 3.25. The van der Waals surface area contributed by atoms with Crippen molar-refractivity contribution >= 4 is 17.5 Å². The summed E-state index contributed by atoms with van der Waals surface area (Å²) >= 11 is 0. The lowest BCUT2D eigenvalue weighted by Crippen LogP contribution is -2.14. The molecule has 0 saturated carbocycles. The summed E-state index contributed by atoms with van der Waals surface area (Å²) in [5, 5.41) is 12.8. The van der Waals surface area contributed by atoms with Crippen molar-refractivity contribution in [1.29, 1.82) is 0 Å². The highest BCUT2D eigenvalue weighted by Crippen LogP contribution is 2.09. The van der Waals surface area contributed by atoms with Crippen molar-refractivity contribution < 1.29 is 4.79 Å². The fourth-order valence-electron chi connectivity index (χ4n) is 1.27. The van der Waals surface area contributed by atoms with Crippen LogP contribution in [0.4, 0.5) is 11.6 Å². The van der Waals surface area contributed by atoms with Gasteiger partial charge in [0.2, 0.25) is 5.95 Å². The van der Waals surface area contributed by atoms with E-state index in [1.165, 1.54) is 12.4 Å². The van der Waals surface area contributed by atoms with E-state index in [1.54, 1.807) is 12.1 Å². The quantitative estimate of drug-likeness (QED) is 0.825. The number of carbonyl (C=O) groups is 1. The van der Waals surface area contributed by atoms with E-state index in [0.717, 1.165) is 5.69 Å². The summed E-state index contributed by atoms with van der Waals surface area (Å²) < 4.78 is 0. The van der Waals surface area contributed by atoms with Gasteiger partial charge < -0.3 is 5.32 Å². The third kappa shape index (κ3) is 2.75. The molecule has 17 heavy (non-hydrogen) atoms. The van der Waals surface area contributed by atoms with Crippen LogP contribution in [-0.4, -0.2) is 28.1 Å². The van der Waals surface area contributed by atoms with Crippen LogP contribution in [0.1, 0.15) is 10.4 Å². The van der Waals surface area contributed by atoms with Gasteiger partial charge in [0.1, 0.15) is 0 Å². The molecule has 0 fully saturated rings. The van der Waals surface area contributed by atoms with Gasteiger partial charge in [-0.1, -0.05) is 0 Å². The Labute approximate surface area is 98.1 Å². The molecule has 86 valence electrons. The van der Waals surface area contributed by atoms with Crippen LogP contribution in [0.5, 0.6) is 0 Å². The lowest BCUT2D eigenvalue weighted by Gasteiger charge is -2.03. The smallest absolute Gasteiger partial charge is 0.258 e. The summed E-state index contributed by atoms with van der Waals surface area (Å²) in [6, 6.07) is 7.08. The normalized spacial score (nSPS) is 9.71. The van der Waals surface area contributed by atoms with Crippen molar-refractivity contribution in [2.45, 2.75) is 0 Å². The molecule has 6 heteroatoms. The number of amides is 1. The van der Waals surface area contributed by atoms with Crippen molar-refractivity contribution in [1.82, 2.24) is 15.2 Å². The summed E-state index contributed by atoms with van der Waals surface area (Å²) in [6.45, 7) is 0. The molecule has 6 nitrogen and oxygen atoms in total. The molecule has 1 amide bonds. The average molecular weight is 229 g/mol. The van der Waals surface area contributed by atoms with Crippen LogP contribution in [0.15, 0.2) is 36.7 Å². The number of hydrogen-bond acceptors (Lipinski definition) is 5. The van der Waals surface area contributed by atoms with Crippen molar-refractivity contribution in [2.75, 3.05) is 17.7 Å². The molecule has 1 heterocycles. The van der Waals surface area contributed by atoms with Crippen LogP contribution in [0, 0.1) is 0 Å². The number of nitrogens with one attached hydrogen (secondary N) is 2. The van der Waals surface area contributed by atoms with Crippen molar-refractivity contribution in [3.05, 3.63) is 42.2 Å². The first kappa shape index (κ1) is 11.0. The molecule has 0 aliphatic rings. The molecule has 1 aromatic heterocycles. The summed E-state index contributed by atoms with van der Waals surface area (Å²) in [6.07, 6.45) is 2.91. The molecule has 0 saturated heterocycles. The number of carbonyl (C=O) groups excluding carboxylic acids is 1. The van der Waals surface area contributed by atoms with E-state index in [1.807, 2.05) is 19.2 Å². The highest BCUT2D eigenvalue weighted by atomic mass is 16.1. The predicted molar refractivity (Wildman–Crippen MR) is 63.8 cm³/mol. The summed E-state index contributed by atoms with van der Waals surface area (Å²) in [5.41, 5.74) is 1.48. The Morgan fingerprint density at radius 1 is 1.18 bits per heavy atom. The molecule has 0 atom stereocenters. The van der Waals surface area contributed by atoms with Crippen LogP contribution in [0.2, 0.25) is 0 Å². The van der Waals surface area contributed by atoms with Gasteiger partial charge in [-0.15, -0.1) is 5.10 Å². The van der Waals surface area contributed by atoms with E-state index in [4.69, 9.17) is 0 Å². The zero-order chi connectivity index (χ0) is 12.1. The first-order chi connectivity index (χ1) is 8.29. The molecule has 0 spiro atoms. The minimum Gasteiger partial charge on any atom is -0.388 e. The maximum absolute atomic E-state index is 11.8. The Morgan fingerprint density at radius 3 is 2.53 bits per heavy atom. The van der Waals surface area contributed by atoms with Gasteiger partial charge in [0.15, 0.2) is 0 Å². The topological polar surface area (TPSA) is 79.8 Å². The zero-order valence-electron chi connectivity index (χ0n) is 9.21. The molecule has 1 aromatic carbocycles. The number of hydrogen-bond donors (Lipinski definition) is 2. The van der Waals surface area contributed by atoms with Gasteiger partial charge in [0.25, 0.3) is 5.91 Å². The second-order valence-electron chi connectivity index (χ2n) is 3.25. The fraction of sp³-hybridized carbons (Fsp3) is 0.0909. The average Bonchev–Trinajstić information content (AvgIpc) is 2.40. The van der Waals surface area contributed by atoms with E-state index < -0.39 is 0 Å². The number of anilines is 2. The van der Waals surface area contributed by atoms with Crippen molar-refractivity contribution in [2.24, 2.45) is 0 Å². The standard InChI is InChI=1S/C11H11N5O/c1-12-9-4-2-8(3-5-9)10(17)15-11-13-6-7-14-16-11/h2-7,12H,1H3,(H,13,15,16,17). The molecular formula is C11H11N5O. The lowest BCUT2D eigenvalue weighted by atomic mass is 10.2. The van der Waals surface area contributed by atoms with Gasteiger partial charge in [-0.3, -0.25) is 10.1 Å². The number of rotatable bonds is 3. The van der Waals surface area contributed by atoms with Gasteiger partial charge >= 0.3 is 0 Å². The minimum absolute atomic E-state index is 0.190. The maximum atomic E-state index is 11.8. The molecule has 0 aliphatic heterocycles. The zero-order valence-corrected chi connectivity index (χ0v) is 9.21. The Morgan fingerprint density at radius 2 is 1.94 bits per heavy atom. The fourth-order valence-corrected chi connectivity index (χ4v) is 1.27. The molecule has 0 unspecified atom stereocenters. The Hall–Kier alpha value is -2.50. The van der Waals surface area contributed by atoms with Crippen LogP contribution >= 0.6 is 0 Å². The highest BCUT2D eigenvalue weighted by Gasteiger charge is 2.06. The highest BCUT2D eigenvalue weighted by molar-refractivity contribution is 6.03. The van der Waals surface area contributed by atoms with Gasteiger partial charge in [0.05, 0.1) is 12.4 Å². The minimum atomic E-state index is -0.263. The molecule has 0 aliphatic carbocycles. The Kier molecular flexibility index (Phi) is 3.25. The molecule has 0 radical (unpaired) electrons. The largest absolute Gasteiger partial charge is 0.388 e. The third-order valence-electron chi connectivity index (χ3n) is 2.14. The first-order valence-electron chi connectivity index (χ1n) is 5.02. The van der Waals surface area contributed by atoms with E-state index in [-0.39, 0.29) is 11.9 Å². The maximum Gasteiger partial charge on any atom is 0.258 e. The first-order valence-corrected chi connectivity index (χ1v) is 5.02. The summed E-state index contributed by atoms with van der Waals surface area (Å²) in [4.78, 5) is 15.6. The van der Waals surface area contributed by atoms with E-state index in [9.17, 15) is 4.79 Å². The van der Waals surface area contributed by atoms with Gasteiger partial charge in [0, 0.05) is 18.3 Å². The van der Waals surface area contributed by atoms with Crippen molar-refractivity contribution in [3.8, 4) is 0 Å². The van der Waals surface area contributed by atoms with Crippen LogP contribution in [0.25, 0.3) is 0 Å². The van der Waals surface area contributed by atoms with E-state index in [0.29, 0.717) is 5.56 Å². The molecule has 2 aromatic rings. The van der Waals surface area contributed by atoms with Gasteiger partial charge in [-0.2, -0.15) is 5.10 Å². The molecule has 2 rings (SSSR count). The Balaban J connectivity index is 2.09. The van der Waals surface area contributed by atoms with Gasteiger partial charge in [-0.05, 0) is 24.3 Å². The van der Waals surface area contributed by atoms with E-state index in [2.05, 4.69) is 25.8 Å². The second kappa shape index (κ2) is 5.02. The number of nitrogens with zero attached hydrogens (tertiary/aromatic N) is 3. The van der Waals surface area contributed by atoms with Crippen LogP contribution in [0.3, 0.4) is 0 Å². The Bertz CT molecular complexity index is 497. The van der Waals surface area contributed by atoms with Crippen molar-refractivity contribution in [3.63, 3.8) is 0 Å². The molecule has 0 bridgehead atoms. The van der Waals surface area contributed by atoms with E-state index >= 15 is 0 Å². The predicted octanol–water partition coefficient (Wildman–Crippen LogP) is 1.17. The third-order valence-corrected chi connectivity index (χ3v) is 2.14. The molecule has 2 N–H and O–H groups in total. The van der Waals surface area contributed by atoms with Crippen LogP contribution in [-0.2, 0) is 0 Å². The SMILES string of the molecule is CNc1ccc(C(=O)Nc2nccnn2)cc1. The summed E-state index contributed by atoms with van der Waals surface area (Å²) in [5.74, 6) is -0.0733. The summed E-state index contributed by atoms with van der Waals surface area (Å²) in [7, 11) is 1.82. The van der Waals surface area contributed by atoms with Crippen LogP contribution < -0.4 is 10.6 Å².